The fourth-order valence-electron chi connectivity index (χ4n) is 2.72. The summed E-state index contributed by atoms with van der Waals surface area (Å²) >= 11 is 0. The molecule has 0 atom stereocenters. The van der Waals surface area contributed by atoms with Crippen molar-refractivity contribution in [3.8, 4) is 23.1 Å². The number of hydrogen-bond donors (Lipinski definition) is 1. The van der Waals surface area contributed by atoms with Gasteiger partial charge in [0, 0.05) is 25.1 Å². The molecule has 4 heteroatoms. The van der Waals surface area contributed by atoms with E-state index in [1.165, 1.54) is 0 Å². The van der Waals surface area contributed by atoms with Gasteiger partial charge in [-0.25, -0.2) is 0 Å². The molecule has 0 bridgehead atoms. The molecule has 23 heavy (non-hydrogen) atoms. The Morgan fingerprint density at radius 1 is 1.09 bits per heavy atom. The Morgan fingerprint density at radius 3 is 2.35 bits per heavy atom. The second-order valence-electron chi connectivity index (χ2n) is 4.87. The largest absolute Gasteiger partial charge is 0.494 e. The molecule has 0 saturated carbocycles. The molecule has 3 aromatic rings. The number of aryl methyl sites for hydroxylation is 1. The van der Waals surface area contributed by atoms with Crippen LogP contribution in [0.25, 0.3) is 22.2 Å². The molecule has 1 aromatic heterocycles. The number of rotatable bonds is 3. The number of benzene rings is 2. The summed E-state index contributed by atoms with van der Waals surface area (Å²) in [6.07, 6.45) is 0. The highest BCUT2D eigenvalue weighted by molar-refractivity contribution is 5.94. The third-order valence-corrected chi connectivity index (χ3v) is 3.66. The quantitative estimate of drug-likeness (QED) is 0.802. The first-order chi connectivity index (χ1) is 11.3. The summed E-state index contributed by atoms with van der Waals surface area (Å²) in [7, 11) is 3.00. The third-order valence-electron chi connectivity index (χ3n) is 3.66. The average molecular weight is 308 g/mol. The van der Waals surface area contributed by atoms with Crippen molar-refractivity contribution in [3.63, 3.8) is 0 Å². The van der Waals surface area contributed by atoms with Crippen LogP contribution in [0.3, 0.4) is 0 Å². The number of aromatic nitrogens is 1. The Hall–Kier alpha value is -2.77. The van der Waals surface area contributed by atoms with E-state index in [0.717, 1.165) is 40.6 Å². The van der Waals surface area contributed by atoms with Gasteiger partial charge in [-0.2, -0.15) is 5.26 Å². The van der Waals surface area contributed by atoms with Crippen LogP contribution >= 0.6 is 0 Å². The maximum atomic E-state index is 9.54. The van der Waals surface area contributed by atoms with Crippen LogP contribution in [0.4, 0.5) is 0 Å². The monoisotopic (exact) mass is 308 g/mol. The normalized spacial score (nSPS) is 9.87. The smallest absolute Gasteiger partial charge is 0.119 e. The maximum Gasteiger partial charge on any atom is 0.119 e. The summed E-state index contributed by atoms with van der Waals surface area (Å²) in [4.78, 5) is 0. The summed E-state index contributed by atoms with van der Waals surface area (Å²) in [6.45, 7) is 2.61. The second-order valence-corrected chi connectivity index (χ2v) is 4.87. The van der Waals surface area contributed by atoms with Gasteiger partial charge in [0.15, 0.2) is 0 Å². The van der Waals surface area contributed by atoms with E-state index in [-0.39, 0.29) is 0 Å². The summed E-state index contributed by atoms with van der Waals surface area (Å²) < 4.78 is 7.54. The van der Waals surface area contributed by atoms with E-state index in [0.29, 0.717) is 6.61 Å². The zero-order valence-electron chi connectivity index (χ0n) is 13.6. The molecule has 0 radical (unpaired) electrons. The molecule has 0 spiro atoms. The van der Waals surface area contributed by atoms with Gasteiger partial charge in [-0.3, -0.25) is 0 Å². The van der Waals surface area contributed by atoms with E-state index >= 15 is 0 Å². The lowest BCUT2D eigenvalue weighted by Gasteiger charge is -2.07. The lowest BCUT2D eigenvalue weighted by molar-refractivity contribution is 0.340. The number of para-hydroxylation sites is 1. The van der Waals surface area contributed by atoms with Gasteiger partial charge in [-0.05, 0) is 42.8 Å². The van der Waals surface area contributed by atoms with Gasteiger partial charge in [0.1, 0.15) is 11.8 Å². The minimum absolute atomic E-state index is 0.650. The van der Waals surface area contributed by atoms with Crippen LogP contribution < -0.4 is 4.74 Å². The van der Waals surface area contributed by atoms with Gasteiger partial charge in [-0.1, -0.05) is 18.2 Å². The fraction of sp³-hybridized carbons (Fsp3) is 0.211. The molecule has 118 valence electrons. The summed E-state index contributed by atoms with van der Waals surface area (Å²) in [6, 6.07) is 18.2. The van der Waals surface area contributed by atoms with E-state index < -0.39 is 0 Å². The molecular weight excluding hydrogens is 288 g/mol. The van der Waals surface area contributed by atoms with Gasteiger partial charge in [0.2, 0.25) is 0 Å². The average Bonchev–Trinajstić information content (AvgIpc) is 2.90. The molecule has 1 N–H and O–H groups in total. The van der Waals surface area contributed by atoms with Crippen LogP contribution in [0, 0.1) is 11.3 Å². The number of hydrogen-bond acceptors (Lipinski definition) is 3. The Balaban J connectivity index is 0.000000924. The highest BCUT2D eigenvalue weighted by Gasteiger charge is 2.15. The number of fused-ring (bicyclic) bond motifs is 1. The Bertz CT molecular complexity index is 827. The van der Waals surface area contributed by atoms with Crippen LogP contribution in [0.1, 0.15) is 12.5 Å². The number of ether oxygens (including phenoxy) is 1. The first-order valence-electron chi connectivity index (χ1n) is 7.41. The van der Waals surface area contributed by atoms with Crippen molar-refractivity contribution in [2.45, 2.75) is 6.92 Å². The lowest BCUT2D eigenvalue weighted by atomic mass is 10.1. The molecule has 0 unspecified atom stereocenters. The molecule has 2 aromatic carbocycles. The first kappa shape index (κ1) is 16.6. The highest BCUT2D eigenvalue weighted by Crippen LogP contribution is 2.33. The molecule has 3 rings (SSSR count). The first-order valence-corrected chi connectivity index (χ1v) is 7.41. The van der Waals surface area contributed by atoms with Crippen LogP contribution in [0.15, 0.2) is 48.5 Å². The van der Waals surface area contributed by atoms with Crippen LogP contribution in [0.2, 0.25) is 0 Å². The zero-order chi connectivity index (χ0) is 16.8. The molecule has 0 aliphatic rings. The molecule has 1 heterocycles. The van der Waals surface area contributed by atoms with Crippen LogP contribution in [-0.4, -0.2) is 23.4 Å². The summed E-state index contributed by atoms with van der Waals surface area (Å²) in [5.74, 6) is 0.846. The fourth-order valence-corrected chi connectivity index (χ4v) is 2.72. The van der Waals surface area contributed by atoms with E-state index in [2.05, 4.69) is 10.6 Å². The summed E-state index contributed by atoms with van der Waals surface area (Å²) in [5.41, 5.74) is 3.76. The lowest BCUT2D eigenvalue weighted by Crippen LogP contribution is -1.94. The van der Waals surface area contributed by atoms with E-state index in [1.54, 1.807) is 0 Å². The van der Waals surface area contributed by atoms with E-state index in [9.17, 15) is 5.26 Å². The molecule has 0 fully saturated rings. The van der Waals surface area contributed by atoms with Gasteiger partial charge in [0.25, 0.3) is 0 Å². The minimum Gasteiger partial charge on any atom is -0.494 e. The van der Waals surface area contributed by atoms with Gasteiger partial charge >= 0.3 is 0 Å². The van der Waals surface area contributed by atoms with Crippen molar-refractivity contribution in [1.82, 2.24) is 4.57 Å². The van der Waals surface area contributed by atoms with Crippen molar-refractivity contribution in [1.29, 1.82) is 5.26 Å². The second kappa shape index (κ2) is 7.48. The number of aliphatic hydroxyl groups is 1. The summed E-state index contributed by atoms with van der Waals surface area (Å²) in [5, 5.41) is 17.5. The minimum atomic E-state index is 0.650. The van der Waals surface area contributed by atoms with Crippen molar-refractivity contribution in [2.75, 3.05) is 13.7 Å². The van der Waals surface area contributed by atoms with Gasteiger partial charge in [-0.15, -0.1) is 0 Å². The van der Waals surface area contributed by atoms with Crippen molar-refractivity contribution in [3.05, 3.63) is 54.1 Å². The predicted molar refractivity (Wildman–Crippen MR) is 92.4 cm³/mol. The number of nitriles is 1. The number of nitrogens with zero attached hydrogens (tertiary/aromatic N) is 2. The molecule has 0 amide bonds. The van der Waals surface area contributed by atoms with E-state index in [1.807, 2.05) is 62.5 Å². The Morgan fingerprint density at radius 2 is 1.74 bits per heavy atom. The van der Waals surface area contributed by atoms with Crippen LogP contribution in [-0.2, 0) is 7.05 Å². The number of aliphatic hydroxyl groups excluding tert-OH is 1. The van der Waals surface area contributed by atoms with Gasteiger partial charge < -0.3 is 14.4 Å². The Labute approximate surface area is 136 Å². The predicted octanol–water partition coefficient (Wildman–Crippen LogP) is 3.72. The third kappa shape index (κ3) is 3.05. The SMILES string of the molecule is CCOc1ccc(-c2c(C#N)c3ccccc3n2C)cc1.CO. The molecule has 4 nitrogen and oxygen atoms in total. The molecule has 0 aliphatic heterocycles. The molecule has 0 aliphatic carbocycles. The van der Waals surface area contributed by atoms with Gasteiger partial charge in [0.05, 0.1) is 17.9 Å². The van der Waals surface area contributed by atoms with Crippen molar-refractivity contribution < 1.29 is 9.84 Å². The molecular formula is C19H20N2O2. The standard InChI is InChI=1S/C18H16N2O.CH4O/c1-3-21-14-10-8-13(9-11-14)18-16(12-19)15-6-4-5-7-17(15)20(18)2;1-2/h4-11H,3H2,1-2H3;2H,1H3. The van der Waals surface area contributed by atoms with Crippen molar-refractivity contribution in [2.24, 2.45) is 7.05 Å². The Kier molecular flexibility index (Phi) is 5.40. The van der Waals surface area contributed by atoms with E-state index in [4.69, 9.17) is 9.84 Å². The zero-order valence-corrected chi connectivity index (χ0v) is 13.6. The van der Waals surface area contributed by atoms with Crippen LogP contribution in [0.5, 0.6) is 5.75 Å². The topological polar surface area (TPSA) is 58.2 Å². The molecule has 0 saturated heterocycles. The van der Waals surface area contributed by atoms with Crippen molar-refractivity contribution >= 4 is 10.9 Å². The highest BCUT2D eigenvalue weighted by atomic mass is 16.5. The maximum absolute atomic E-state index is 9.54.